The molecular formula is C22H16O5S. The van der Waals surface area contributed by atoms with Crippen molar-refractivity contribution in [1.29, 1.82) is 0 Å². The van der Waals surface area contributed by atoms with Gasteiger partial charge in [-0.25, -0.2) is 4.79 Å². The van der Waals surface area contributed by atoms with Crippen molar-refractivity contribution in [3.63, 3.8) is 0 Å². The van der Waals surface area contributed by atoms with E-state index in [1.807, 2.05) is 19.1 Å². The molecule has 0 aliphatic carbocycles. The number of aliphatic carboxylic acids is 1. The first-order chi connectivity index (χ1) is 13.5. The van der Waals surface area contributed by atoms with Crippen LogP contribution in [0.25, 0.3) is 26.6 Å². The third-order valence-electron chi connectivity index (χ3n) is 4.25. The van der Waals surface area contributed by atoms with Crippen LogP contribution in [0.4, 0.5) is 0 Å². The number of carbonyl (C=O) groups is 1. The van der Waals surface area contributed by atoms with Crippen LogP contribution in [0.5, 0.6) is 17.2 Å². The van der Waals surface area contributed by atoms with Crippen LogP contribution in [-0.2, 0) is 4.79 Å². The van der Waals surface area contributed by atoms with E-state index in [9.17, 15) is 9.90 Å². The van der Waals surface area contributed by atoms with Crippen molar-refractivity contribution < 1.29 is 24.2 Å². The minimum absolute atomic E-state index is 0.199. The second-order valence-electron chi connectivity index (χ2n) is 6.17. The fraction of sp³-hybridized carbons (Fsp3) is 0.0455. The summed E-state index contributed by atoms with van der Waals surface area (Å²) in [5.74, 6) is 1.31. The van der Waals surface area contributed by atoms with E-state index in [2.05, 4.69) is 0 Å². The molecule has 0 unspecified atom stereocenters. The fourth-order valence-corrected chi connectivity index (χ4v) is 4.13. The Morgan fingerprint density at radius 2 is 1.93 bits per heavy atom. The molecule has 0 bridgehead atoms. The maximum absolute atomic E-state index is 10.6. The summed E-state index contributed by atoms with van der Waals surface area (Å²) in [5.41, 5.74) is 1.71. The van der Waals surface area contributed by atoms with Gasteiger partial charge in [-0.1, -0.05) is 12.1 Å². The Kier molecular flexibility index (Phi) is 4.63. The average Bonchev–Trinajstić information content (AvgIpc) is 3.24. The molecule has 0 saturated carbocycles. The molecule has 28 heavy (non-hydrogen) atoms. The van der Waals surface area contributed by atoms with Crippen LogP contribution in [0.3, 0.4) is 0 Å². The van der Waals surface area contributed by atoms with Crippen LogP contribution < -0.4 is 4.74 Å². The topological polar surface area (TPSA) is 79.9 Å². The molecular weight excluding hydrogens is 376 g/mol. The number of rotatable bonds is 5. The molecule has 0 radical (unpaired) electrons. The van der Waals surface area contributed by atoms with Gasteiger partial charge >= 0.3 is 5.97 Å². The number of aryl methyl sites for hydroxylation is 1. The number of fused-ring (bicyclic) bond motifs is 1. The van der Waals surface area contributed by atoms with Crippen molar-refractivity contribution in [3.05, 3.63) is 72.2 Å². The van der Waals surface area contributed by atoms with Gasteiger partial charge in [-0.15, -0.1) is 11.3 Å². The molecule has 0 aliphatic rings. The first-order valence-electron chi connectivity index (χ1n) is 8.50. The lowest BCUT2D eigenvalue weighted by molar-refractivity contribution is -0.131. The maximum atomic E-state index is 10.6. The van der Waals surface area contributed by atoms with Gasteiger partial charge in [0.05, 0.1) is 11.1 Å². The highest BCUT2D eigenvalue weighted by Crippen LogP contribution is 2.48. The fourth-order valence-electron chi connectivity index (χ4n) is 2.89. The van der Waals surface area contributed by atoms with E-state index in [0.29, 0.717) is 11.5 Å². The second-order valence-corrected chi connectivity index (χ2v) is 7.23. The molecule has 4 rings (SSSR count). The molecule has 0 aliphatic heterocycles. The summed E-state index contributed by atoms with van der Waals surface area (Å²) in [6.07, 6.45) is 4.25. The predicted molar refractivity (Wildman–Crippen MR) is 109 cm³/mol. The highest BCUT2D eigenvalue weighted by atomic mass is 32.1. The molecule has 2 N–H and O–H groups in total. The molecule has 2 heterocycles. The molecule has 4 aromatic rings. The Bertz CT molecular complexity index is 1180. The van der Waals surface area contributed by atoms with E-state index in [4.69, 9.17) is 14.3 Å². The van der Waals surface area contributed by atoms with Gasteiger partial charge in [-0.2, -0.15) is 0 Å². The molecule has 2 aromatic heterocycles. The zero-order chi connectivity index (χ0) is 19.7. The van der Waals surface area contributed by atoms with Crippen molar-refractivity contribution >= 4 is 33.5 Å². The van der Waals surface area contributed by atoms with Gasteiger partial charge in [0.25, 0.3) is 0 Å². The number of carboxylic acids is 1. The number of aromatic hydroxyl groups is 1. The third kappa shape index (κ3) is 3.50. The Labute approximate surface area is 164 Å². The van der Waals surface area contributed by atoms with E-state index in [1.165, 1.54) is 17.4 Å². The third-order valence-corrected chi connectivity index (χ3v) is 5.42. The number of hydrogen-bond donors (Lipinski definition) is 2. The minimum Gasteiger partial charge on any atom is -0.508 e. The van der Waals surface area contributed by atoms with Gasteiger partial charge in [0.2, 0.25) is 0 Å². The van der Waals surface area contributed by atoms with E-state index in [1.54, 1.807) is 42.7 Å². The summed E-state index contributed by atoms with van der Waals surface area (Å²) < 4.78 is 12.6. The number of hydrogen-bond acceptors (Lipinski definition) is 5. The lowest BCUT2D eigenvalue weighted by Gasteiger charge is -2.08. The zero-order valence-corrected chi connectivity index (χ0v) is 15.7. The molecule has 0 amide bonds. The summed E-state index contributed by atoms with van der Waals surface area (Å²) in [5, 5.41) is 19.4. The van der Waals surface area contributed by atoms with Crippen molar-refractivity contribution in [2.75, 3.05) is 0 Å². The highest BCUT2D eigenvalue weighted by molar-refractivity contribution is 7.22. The number of thiophene rings is 1. The average molecular weight is 392 g/mol. The lowest BCUT2D eigenvalue weighted by Crippen LogP contribution is -1.87. The number of ether oxygens (including phenoxy) is 1. The van der Waals surface area contributed by atoms with E-state index in [-0.39, 0.29) is 5.75 Å². The Morgan fingerprint density at radius 1 is 1.14 bits per heavy atom. The van der Waals surface area contributed by atoms with Crippen LogP contribution in [-0.4, -0.2) is 16.2 Å². The minimum atomic E-state index is -0.992. The standard InChI is InChI=1S/C22H16O5S/c1-13-17(10-11-26-13)22-21(18-8-5-15(23)12-19(18)28-22)27-16-6-2-14(3-7-16)4-9-20(24)25/h2-12,23H,1H3,(H,24,25). The van der Waals surface area contributed by atoms with Crippen molar-refractivity contribution in [2.45, 2.75) is 6.92 Å². The Hall–Kier alpha value is -3.51. The van der Waals surface area contributed by atoms with Crippen molar-refractivity contribution in [1.82, 2.24) is 0 Å². The number of benzene rings is 2. The largest absolute Gasteiger partial charge is 0.508 e. The second kappa shape index (κ2) is 7.25. The van der Waals surface area contributed by atoms with Gasteiger partial charge in [-0.05, 0) is 55.0 Å². The van der Waals surface area contributed by atoms with Gasteiger partial charge in [0.1, 0.15) is 17.3 Å². The van der Waals surface area contributed by atoms with Gasteiger partial charge in [-0.3, -0.25) is 0 Å². The van der Waals surface area contributed by atoms with Crippen LogP contribution in [0.15, 0.2) is 65.3 Å². The Morgan fingerprint density at radius 3 is 2.61 bits per heavy atom. The van der Waals surface area contributed by atoms with Gasteiger partial charge in [0, 0.05) is 21.7 Å². The first kappa shape index (κ1) is 17.9. The van der Waals surface area contributed by atoms with Crippen LogP contribution >= 0.6 is 11.3 Å². The van der Waals surface area contributed by atoms with Gasteiger partial charge < -0.3 is 19.4 Å². The molecule has 0 atom stereocenters. The lowest BCUT2D eigenvalue weighted by atomic mass is 10.1. The molecule has 2 aromatic carbocycles. The maximum Gasteiger partial charge on any atom is 0.328 e. The summed E-state index contributed by atoms with van der Waals surface area (Å²) in [7, 11) is 0. The zero-order valence-electron chi connectivity index (χ0n) is 14.9. The molecule has 140 valence electrons. The predicted octanol–water partition coefficient (Wildman–Crippen LogP) is 6.07. The first-order valence-corrected chi connectivity index (χ1v) is 9.32. The Balaban J connectivity index is 1.75. The van der Waals surface area contributed by atoms with Crippen LogP contribution in [0, 0.1) is 6.92 Å². The number of phenolic OH excluding ortho intramolecular Hbond substituents is 1. The number of furan rings is 1. The van der Waals surface area contributed by atoms with Crippen LogP contribution in [0.1, 0.15) is 11.3 Å². The summed E-state index contributed by atoms with van der Waals surface area (Å²) in [4.78, 5) is 11.6. The summed E-state index contributed by atoms with van der Waals surface area (Å²) >= 11 is 1.52. The molecule has 0 spiro atoms. The van der Waals surface area contributed by atoms with Crippen molar-refractivity contribution in [2.24, 2.45) is 0 Å². The number of carboxylic acid groups (broad SMARTS) is 1. The van der Waals surface area contributed by atoms with E-state index >= 15 is 0 Å². The smallest absolute Gasteiger partial charge is 0.328 e. The normalized spacial score (nSPS) is 11.3. The molecule has 0 fully saturated rings. The number of phenols is 1. The SMILES string of the molecule is Cc1occc1-c1sc2cc(O)ccc2c1Oc1ccc(C=CC(=O)O)cc1. The quantitative estimate of drug-likeness (QED) is 0.403. The summed E-state index contributed by atoms with van der Waals surface area (Å²) in [6.45, 7) is 1.89. The molecule has 6 heteroatoms. The van der Waals surface area contributed by atoms with E-state index < -0.39 is 5.97 Å². The van der Waals surface area contributed by atoms with Crippen molar-refractivity contribution in [3.8, 4) is 27.7 Å². The summed E-state index contributed by atoms with van der Waals surface area (Å²) in [6, 6.07) is 14.2. The molecule has 0 saturated heterocycles. The highest BCUT2D eigenvalue weighted by Gasteiger charge is 2.19. The molecule has 5 nitrogen and oxygen atoms in total. The van der Waals surface area contributed by atoms with E-state index in [0.717, 1.165) is 37.9 Å². The monoisotopic (exact) mass is 392 g/mol. The van der Waals surface area contributed by atoms with Gasteiger partial charge in [0.15, 0.2) is 5.75 Å². The van der Waals surface area contributed by atoms with Crippen LogP contribution in [0.2, 0.25) is 0 Å².